The van der Waals surface area contributed by atoms with Gasteiger partial charge in [0.25, 0.3) is 0 Å². The van der Waals surface area contributed by atoms with Gasteiger partial charge in [-0.05, 0) is 12.2 Å². The van der Waals surface area contributed by atoms with E-state index in [-0.39, 0.29) is 0 Å². The summed E-state index contributed by atoms with van der Waals surface area (Å²) in [5, 5.41) is 6.86. The summed E-state index contributed by atoms with van der Waals surface area (Å²) in [5.74, 6) is 0. The van der Waals surface area contributed by atoms with Crippen LogP contribution in [-0.2, 0) is 0 Å². The quantitative estimate of drug-likeness (QED) is 0.579. The van der Waals surface area contributed by atoms with E-state index in [1.54, 1.807) is 10.5 Å². The van der Waals surface area contributed by atoms with Crippen molar-refractivity contribution in [2.75, 3.05) is 7.11 Å². The molecule has 0 bridgehead atoms. The fourth-order valence-corrected chi connectivity index (χ4v) is 1.40. The van der Waals surface area contributed by atoms with Gasteiger partial charge in [0.15, 0.2) is 5.65 Å². The van der Waals surface area contributed by atoms with Crippen molar-refractivity contribution in [1.29, 1.82) is 0 Å². The molecular weight excluding hydrogens is 212 g/mol. The van der Waals surface area contributed by atoms with Gasteiger partial charge in [0.05, 0.1) is 7.11 Å². The molecule has 0 amide bonds. The van der Waals surface area contributed by atoms with Crippen molar-refractivity contribution in [3.63, 3.8) is 0 Å². The van der Waals surface area contributed by atoms with Crippen molar-refractivity contribution in [3.8, 4) is 6.01 Å². The predicted octanol–water partition coefficient (Wildman–Crippen LogP) is 1.45. The average Bonchev–Trinajstić information content (AvgIpc) is 2.46. The molecule has 2 aromatic heterocycles. The first-order valence-electron chi connectivity index (χ1n) is 3.40. The second kappa shape index (κ2) is 2.97. The lowest BCUT2D eigenvalue weighted by atomic mass is 10.6. The van der Waals surface area contributed by atoms with Gasteiger partial charge in [-0.1, -0.05) is 11.6 Å². The van der Waals surface area contributed by atoms with E-state index in [9.17, 15) is 0 Å². The van der Waals surface area contributed by atoms with Gasteiger partial charge in [-0.3, -0.25) is 5.10 Å². The van der Waals surface area contributed by atoms with Crippen LogP contribution in [-0.4, -0.2) is 26.7 Å². The van der Waals surface area contributed by atoms with Crippen molar-refractivity contribution in [2.24, 2.45) is 0 Å². The predicted molar refractivity (Wildman–Crippen MR) is 49.7 cm³/mol. The molecule has 2 heterocycles. The molecule has 0 aliphatic heterocycles. The third-order valence-corrected chi connectivity index (χ3v) is 1.99. The number of H-pyrrole nitrogens is 1. The Kier molecular flexibility index (Phi) is 1.93. The van der Waals surface area contributed by atoms with Crippen LogP contribution in [0.15, 0.2) is 6.07 Å². The van der Waals surface area contributed by atoms with E-state index < -0.39 is 0 Å². The Hall–Kier alpha value is -1.14. The number of halogens is 1. The molecule has 0 saturated heterocycles. The van der Waals surface area contributed by atoms with Gasteiger partial charge in [-0.25, -0.2) is 4.40 Å². The molecule has 0 spiro atoms. The van der Waals surface area contributed by atoms with Crippen LogP contribution >= 0.6 is 23.8 Å². The van der Waals surface area contributed by atoms with E-state index in [1.165, 1.54) is 7.11 Å². The summed E-state index contributed by atoms with van der Waals surface area (Å²) in [5.41, 5.74) is 0.585. The topological polar surface area (TPSA) is 55.2 Å². The van der Waals surface area contributed by atoms with E-state index in [0.29, 0.717) is 21.6 Å². The summed E-state index contributed by atoms with van der Waals surface area (Å²) in [7, 11) is 1.49. The molecule has 13 heavy (non-hydrogen) atoms. The Morgan fingerprint density at radius 2 is 2.46 bits per heavy atom. The Bertz CT molecular complexity index is 505. The molecule has 68 valence electrons. The molecule has 0 aliphatic rings. The average molecular weight is 217 g/mol. The van der Waals surface area contributed by atoms with Gasteiger partial charge < -0.3 is 4.74 Å². The van der Waals surface area contributed by atoms with Crippen LogP contribution in [0.1, 0.15) is 0 Å². The van der Waals surface area contributed by atoms with Crippen LogP contribution in [0.2, 0.25) is 5.15 Å². The number of nitrogens with one attached hydrogen (secondary N) is 1. The van der Waals surface area contributed by atoms with Crippen LogP contribution in [0.4, 0.5) is 0 Å². The molecule has 2 rings (SSSR count). The highest BCUT2D eigenvalue weighted by molar-refractivity contribution is 7.71. The summed E-state index contributed by atoms with van der Waals surface area (Å²) in [6.07, 6.45) is 0. The molecule has 1 N–H and O–H groups in total. The zero-order chi connectivity index (χ0) is 9.42. The lowest BCUT2D eigenvalue weighted by Crippen LogP contribution is -1.97. The molecule has 0 radical (unpaired) electrons. The standard InChI is InChI=1S/C6H5ClN4OS/c1-12-5-8-3(7)2-4-9-10-6(13)11(4)5/h2H,1H3,(H,10,13). The highest BCUT2D eigenvalue weighted by Gasteiger charge is 2.06. The first-order chi connectivity index (χ1) is 6.22. The monoisotopic (exact) mass is 216 g/mol. The van der Waals surface area contributed by atoms with Crippen LogP contribution in [0.3, 0.4) is 0 Å². The van der Waals surface area contributed by atoms with Gasteiger partial charge in [0.1, 0.15) is 5.15 Å². The van der Waals surface area contributed by atoms with E-state index in [1.807, 2.05) is 0 Å². The highest BCUT2D eigenvalue weighted by atomic mass is 35.5. The summed E-state index contributed by atoms with van der Waals surface area (Å²) < 4.78 is 6.97. The number of methoxy groups -OCH3 is 1. The first-order valence-corrected chi connectivity index (χ1v) is 4.18. The molecule has 5 nitrogen and oxygen atoms in total. The number of aromatic amines is 1. The van der Waals surface area contributed by atoms with E-state index in [2.05, 4.69) is 15.2 Å². The zero-order valence-electron chi connectivity index (χ0n) is 6.61. The number of aromatic nitrogens is 4. The summed E-state index contributed by atoms with van der Waals surface area (Å²) in [6, 6.07) is 1.91. The van der Waals surface area contributed by atoms with Crippen molar-refractivity contribution in [2.45, 2.75) is 0 Å². The Morgan fingerprint density at radius 3 is 3.15 bits per heavy atom. The number of hydrogen-bond acceptors (Lipinski definition) is 4. The first kappa shape index (κ1) is 8.46. The Labute approximate surface area is 83.3 Å². The highest BCUT2D eigenvalue weighted by Crippen LogP contribution is 2.15. The van der Waals surface area contributed by atoms with Crippen LogP contribution in [0.5, 0.6) is 6.01 Å². The van der Waals surface area contributed by atoms with Crippen molar-refractivity contribution >= 4 is 29.5 Å². The minimum absolute atomic E-state index is 0.318. The zero-order valence-corrected chi connectivity index (χ0v) is 8.19. The van der Waals surface area contributed by atoms with Gasteiger partial charge in [-0.2, -0.15) is 10.1 Å². The number of rotatable bonds is 1. The Morgan fingerprint density at radius 1 is 1.69 bits per heavy atom. The van der Waals surface area contributed by atoms with E-state index in [4.69, 9.17) is 28.6 Å². The third kappa shape index (κ3) is 1.27. The van der Waals surface area contributed by atoms with Crippen LogP contribution in [0.25, 0.3) is 5.65 Å². The lowest BCUT2D eigenvalue weighted by molar-refractivity contribution is 0.373. The van der Waals surface area contributed by atoms with Gasteiger partial charge >= 0.3 is 6.01 Å². The number of fused-ring (bicyclic) bond motifs is 1. The minimum Gasteiger partial charge on any atom is -0.468 e. The number of nitrogens with zero attached hydrogens (tertiary/aromatic N) is 3. The molecule has 0 fully saturated rings. The van der Waals surface area contributed by atoms with Crippen molar-refractivity contribution in [1.82, 2.24) is 19.6 Å². The summed E-state index contributed by atoms with van der Waals surface area (Å²) in [6.45, 7) is 0. The normalized spacial score (nSPS) is 10.6. The molecule has 2 aromatic rings. The maximum Gasteiger partial charge on any atom is 0.305 e. The number of hydrogen-bond donors (Lipinski definition) is 1. The molecule has 0 aromatic carbocycles. The SMILES string of the molecule is COc1nc(Cl)cc2n[nH]c(=S)n12. The summed E-state index contributed by atoms with van der Waals surface area (Å²) in [4.78, 5) is 3.93. The molecule has 0 saturated carbocycles. The smallest absolute Gasteiger partial charge is 0.305 e. The fraction of sp³-hybridized carbons (Fsp3) is 0.167. The van der Waals surface area contributed by atoms with Crippen LogP contribution in [0, 0.1) is 4.77 Å². The number of ether oxygens (including phenoxy) is 1. The summed E-state index contributed by atoms with van der Waals surface area (Å²) >= 11 is 10.7. The fourth-order valence-electron chi connectivity index (χ4n) is 1.01. The molecule has 0 aliphatic carbocycles. The molecule has 0 unspecified atom stereocenters. The second-order valence-electron chi connectivity index (χ2n) is 2.29. The van der Waals surface area contributed by atoms with Crippen molar-refractivity contribution in [3.05, 3.63) is 16.0 Å². The van der Waals surface area contributed by atoms with Gasteiger partial charge in [0, 0.05) is 6.07 Å². The van der Waals surface area contributed by atoms with Gasteiger partial charge in [0.2, 0.25) is 4.77 Å². The second-order valence-corrected chi connectivity index (χ2v) is 3.06. The van der Waals surface area contributed by atoms with Crippen LogP contribution < -0.4 is 4.74 Å². The third-order valence-electron chi connectivity index (χ3n) is 1.52. The molecule has 0 atom stereocenters. The molecule has 7 heteroatoms. The maximum absolute atomic E-state index is 5.72. The Balaban J connectivity index is 2.93. The van der Waals surface area contributed by atoms with Crippen molar-refractivity contribution < 1.29 is 4.74 Å². The largest absolute Gasteiger partial charge is 0.468 e. The maximum atomic E-state index is 5.72. The molecular formula is C6H5ClN4OS. The van der Waals surface area contributed by atoms with E-state index in [0.717, 1.165) is 0 Å². The van der Waals surface area contributed by atoms with E-state index >= 15 is 0 Å². The lowest BCUT2D eigenvalue weighted by Gasteiger charge is -2.00. The van der Waals surface area contributed by atoms with Gasteiger partial charge in [-0.15, -0.1) is 0 Å². The minimum atomic E-state index is 0.318.